The van der Waals surface area contributed by atoms with Gasteiger partial charge in [0.05, 0.1) is 19.8 Å². The van der Waals surface area contributed by atoms with E-state index < -0.39 is 35.4 Å². The van der Waals surface area contributed by atoms with E-state index in [9.17, 15) is 19.5 Å². The Morgan fingerprint density at radius 2 is 1.72 bits per heavy atom. The minimum atomic E-state index is -1.06. The summed E-state index contributed by atoms with van der Waals surface area (Å²) >= 11 is 0. The molecule has 4 aliphatic carbocycles. The molecule has 9 nitrogen and oxygen atoms in total. The number of esters is 1. The zero-order chi connectivity index (χ0) is 25.9. The van der Waals surface area contributed by atoms with Crippen molar-refractivity contribution in [2.75, 3.05) is 20.8 Å². The summed E-state index contributed by atoms with van der Waals surface area (Å²) < 4.78 is 26.0. The van der Waals surface area contributed by atoms with E-state index in [-0.39, 0.29) is 30.0 Å². The normalized spacial score (nSPS) is 45.4. The zero-order valence-electron chi connectivity index (χ0n) is 21.6. The van der Waals surface area contributed by atoms with Crippen LogP contribution in [0.15, 0.2) is 11.6 Å². The van der Waals surface area contributed by atoms with Crippen molar-refractivity contribution < 1.29 is 43.2 Å². The van der Waals surface area contributed by atoms with Crippen LogP contribution in [0.3, 0.4) is 0 Å². The second-order valence-corrected chi connectivity index (χ2v) is 12.0. The van der Waals surface area contributed by atoms with Gasteiger partial charge in [-0.05, 0) is 73.7 Å². The van der Waals surface area contributed by atoms with Gasteiger partial charge in [0, 0.05) is 23.8 Å². The van der Waals surface area contributed by atoms with Gasteiger partial charge in [-0.15, -0.1) is 0 Å². The average Bonchev–Trinajstić information content (AvgIpc) is 3.36. The van der Waals surface area contributed by atoms with E-state index >= 15 is 0 Å². The highest BCUT2D eigenvalue weighted by Crippen LogP contribution is 2.70. The van der Waals surface area contributed by atoms with Gasteiger partial charge in [0.15, 0.2) is 0 Å². The van der Waals surface area contributed by atoms with Gasteiger partial charge in [-0.2, -0.15) is 0 Å². The van der Waals surface area contributed by atoms with Gasteiger partial charge in [0.2, 0.25) is 0 Å². The molecule has 9 heteroatoms. The Hall–Kier alpha value is -2.29. The maximum absolute atomic E-state index is 12.6. The van der Waals surface area contributed by atoms with Gasteiger partial charge in [-0.1, -0.05) is 13.8 Å². The van der Waals surface area contributed by atoms with E-state index in [1.54, 1.807) is 0 Å². The number of hydrogen-bond donors (Lipinski definition) is 1. The van der Waals surface area contributed by atoms with E-state index in [4.69, 9.17) is 23.7 Å². The average molecular weight is 507 g/mol. The van der Waals surface area contributed by atoms with Crippen molar-refractivity contribution in [3.63, 3.8) is 0 Å². The Kier molecular flexibility index (Phi) is 6.29. The first-order valence-electron chi connectivity index (χ1n) is 13.1. The van der Waals surface area contributed by atoms with Crippen molar-refractivity contribution in [2.24, 2.45) is 34.5 Å². The van der Waals surface area contributed by atoms with Crippen LogP contribution in [0.5, 0.6) is 0 Å². The third-order valence-electron chi connectivity index (χ3n) is 10.7. The van der Waals surface area contributed by atoms with Crippen molar-refractivity contribution in [3.05, 3.63) is 11.6 Å². The first kappa shape index (κ1) is 25.4. The molecule has 36 heavy (non-hydrogen) atoms. The predicted molar refractivity (Wildman–Crippen MR) is 126 cm³/mol. The molecule has 8 unspecified atom stereocenters. The van der Waals surface area contributed by atoms with E-state index in [0.717, 1.165) is 50.5 Å². The number of hydrogen-bond acceptors (Lipinski definition) is 9. The van der Waals surface area contributed by atoms with Gasteiger partial charge in [-0.25, -0.2) is 14.4 Å². The predicted octanol–water partition coefficient (Wildman–Crippen LogP) is 4.16. The zero-order valence-corrected chi connectivity index (χ0v) is 21.6. The van der Waals surface area contributed by atoms with Crippen molar-refractivity contribution >= 4 is 18.3 Å². The van der Waals surface area contributed by atoms with Gasteiger partial charge >= 0.3 is 18.3 Å². The monoisotopic (exact) mass is 506 g/mol. The number of methoxy groups -OCH3 is 2. The van der Waals surface area contributed by atoms with Gasteiger partial charge in [0.25, 0.3) is 0 Å². The van der Waals surface area contributed by atoms with Crippen LogP contribution >= 0.6 is 0 Å². The molecule has 9 atom stereocenters. The maximum Gasteiger partial charge on any atom is 0.508 e. The number of carbonyl (C=O) groups is 3. The lowest BCUT2D eigenvalue weighted by atomic mass is 9.43. The highest BCUT2D eigenvalue weighted by Gasteiger charge is 2.71. The van der Waals surface area contributed by atoms with Crippen LogP contribution < -0.4 is 0 Å². The van der Waals surface area contributed by atoms with E-state index in [0.29, 0.717) is 18.3 Å². The fraction of sp³-hybridized carbons (Fsp3) is 0.815. The van der Waals surface area contributed by atoms with Crippen molar-refractivity contribution in [2.45, 2.75) is 83.0 Å². The Morgan fingerprint density at radius 3 is 2.39 bits per heavy atom. The molecule has 5 rings (SSSR count). The smallest absolute Gasteiger partial charge is 0.458 e. The minimum absolute atomic E-state index is 0.0262. The summed E-state index contributed by atoms with van der Waals surface area (Å²) in [7, 11) is 2.60. The molecule has 200 valence electrons. The highest BCUT2D eigenvalue weighted by molar-refractivity contribution is 5.85. The van der Waals surface area contributed by atoms with E-state index in [1.165, 1.54) is 20.3 Å². The standard InChI is InChI=1S/C27H38O9/c1-25-9-7-17(35-23(29)32-3)12-16(25)5-6-19-18(25)8-10-26(2)22(15-11-21(28)34-14-15)20(13-27(19,26)31)36-24(30)33-4/h11,16-20,22,31H,5-10,12-14H2,1-4H3/t16?,17?,18?,19?,20?,22-,25?,26?,27?/m0/s1. The second-order valence-electron chi connectivity index (χ2n) is 12.0. The molecule has 4 saturated carbocycles. The molecule has 0 spiro atoms. The lowest BCUT2D eigenvalue weighted by Gasteiger charge is -2.63. The number of carbonyl (C=O) groups excluding carboxylic acids is 3. The van der Waals surface area contributed by atoms with E-state index in [1.807, 2.05) is 0 Å². The molecule has 0 aromatic heterocycles. The van der Waals surface area contributed by atoms with Crippen LogP contribution in [-0.4, -0.2) is 62.0 Å². The molecule has 4 fully saturated rings. The number of cyclic esters (lactones) is 1. The quantitative estimate of drug-likeness (QED) is 0.445. The molecule has 0 radical (unpaired) electrons. The summed E-state index contributed by atoms with van der Waals surface area (Å²) in [6.07, 6.45) is 5.69. The van der Waals surface area contributed by atoms with Crippen molar-refractivity contribution in [1.29, 1.82) is 0 Å². The molecule has 1 aliphatic heterocycles. The lowest BCUT2D eigenvalue weighted by molar-refractivity contribution is -0.208. The van der Waals surface area contributed by atoms with E-state index in [2.05, 4.69) is 13.8 Å². The molecule has 1 N–H and O–H groups in total. The number of ether oxygens (including phenoxy) is 5. The Balaban J connectivity index is 1.43. The van der Waals surface area contributed by atoms with Crippen LogP contribution in [0, 0.1) is 34.5 Å². The Morgan fingerprint density at radius 1 is 1.00 bits per heavy atom. The minimum Gasteiger partial charge on any atom is -0.458 e. The van der Waals surface area contributed by atoms with Crippen LogP contribution in [0.1, 0.15) is 65.2 Å². The molecule has 0 bridgehead atoms. The SMILES string of the molecule is COC(=O)OC1CCC2(C)C(CCC3C2CCC2(C)[C@@H](C4=CC(=O)OC4)C(OC(=O)OC)CC32O)C1. The highest BCUT2D eigenvalue weighted by atomic mass is 16.7. The Bertz CT molecular complexity index is 961. The second kappa shape index (κ2) is 8.92. The third-order valence-corrected chi connectivity index (χ3v) is 10.7. The Labute approximate surface area is 211 Å². The van der Waals surface area contributed by atoms with Gasteiger partial charge in [0.1, 0.15) is 18.8 Å². The summed E-state index contributed by atoms with van der Waals surface area (Å²) in [4.78, 5) is 35.8. The lowest BCUT2D eigenvalue weighted by Crippen LogP contribution is -2.62. The summed E-state index contributed by atoms with van der Waals surface area (Å²) in [6, 6.07) is 0. The first-order chi connectivity index (χ1) is 17.1. The molecular weight excluding hydrogens is 468 g/mol. The molecule has 0 saturated heterocycles. The van der Waals surface area contributed by atoms with Gasteiger partial charge < -0.3 is 28.8 Å². The topological polar surface area (TPSA) is 118 Å². The van der Waals surface area contributed by atoms with Gasteiger partial charge in [-0.3, -0.25) is 0 Å². The summed E-state index contributed by atoms with van der Waals surface area (Å²) in [6.45, 7) is 4.59. The molecule has 5 aliphatic rings. The molecule has 0 aromatic rings. The maximum atomic E-state index is 12.6. The van der Waals surface area contributed by atoms with Crippen molar-refractivity contribution in [1.82, 2.24) is 0 Å². The first-order valence-corrected chi connectivity index (χ1v) is 13.1. The summed E-state index contributed by atoms with van der Waals surface area (Å²) in [5.41, 5.74) is -0.815. The van der Waals surface area contributed by atoms with Crippen molar-refractivity contribution in [3.8, 4) is 0 Å². The molecular formula is C27H38O9. The third kappa shape index (κ3) is 3.72. The van der Waals surface area contributed by atoms with Crippen LogP contribution in [0.4, 0.5) is 9.59 Å². The van der Waals surface area contributed by atoms with Crippen LogP contribution in [0.2, 0.25) is 0 Å². The molecule has 1 heterocycles. The summed E-state index contributed by atoms with van der Waals surface area (Å²) in [5.74, 6) is 0.0412. The number of fused-ring (bicyclic) bond motifs is 5. The van der Waals surface area contributed by atoms with Crippen LogP contribution in [-0.2, 0) is 28.5 Å². The number of rotatable bonds is 3. The largest absolute Gasteiger partial charge is 0.508 e. The fourth-order valence-electron chi connectivity index (χ4n) is 8.99. The summed E-state index contributed by atoms with van der Waals surface area (Å²) in [5, 5.41) is 12.6. The molecule has 0 aromatic carbocycles. The fourth-order valence-corrected chi connectivity index (χ4v) is 8.99. The number of aliphatic hydroxyl groups is 1. The van der Waals surface area contributed by atoms with Crippen LogP contribution in [0.25, 0.3) is 0 Å². The molecule has 0 amide bonds.